The van der Waals surface area contributed by atoms with Crippen molar-refractivity contribution in [1.82, 2.24) is 9.21 Å². The summed E-state index contributed by atoms with van der Waals surface area (Å²) in [6, 6.07) is 0. The molecule has 0 saturated carbocycles. The van der Waals surface area contributed by atoms with E-state index in [0.717, 1.165) is 19.6 Å². The van der Waals surface area contributed by atoms with Crippen LogP contribution in [0.2, 0.25) is 0 Å². The van der Waals surface area contributed by atoms with E-state index in [-0.39, 0.29) is 0 Å². The van der Waals surface area contributed by atoms with Crippen LogP contribution in [0.5, 0.6) is 0 Å². The van der Waals surface area contributed by atoms with Crippen LogP contribution in [0.25, 0.3) is 0 Å². The maximum absolute atomic E-state index is 2.35. The van der Waals surface area contributed by atoms with Gasteiger partial charge in [0.1, 0.15) is 0 Å². The first-order valence-electron chi connectivity index (χ1n) is 3.64. The molecule has 0 aliphatic rings. The third-order valence-electron chi connectivity index (χ3n) is 1.41. The molecule has 0 unspecified atom stereocenters. The molecule has 62 valence electrons. The van der Waals surface area contributed by atoms with Crippen molar-refractivity contribution in [2.45, 2.75) is 6.92 Å². The fraction of sp³-hybridized carbons (Fsp3) is 1.00. The van der Waals surface area contributed by atoms with Crippen LogP contribution < -0.4 is 0 Å². The van der Waals surface area contributed by atoms with Crippen molar-refractivity contribution in [3.8, 4) is 0 Å². The number of rotatable bonds is 5. The molecule has 0 rings (SSSR count). The van der Waals surface area contributed by atoms with E-state index in [2.05, 4.69) is 36.5 Å². The van der Waals surface area contributed by atoms with Crippen LogP contribution >= 0.6 is 11.9 Å². The maximum Gasteiger partial charge on any atom is 0.0217 e. The fourth-order valence-corrected chi connectivity index (χ4v) is 1.21. The van der Waals surface area contributed by atoms with Crippen LogP contribution in [-0.4, -0.2) is 49.2 Å². The van der Waals surface area contributed by atoms with Crippen LogP contribution in [-0.2, 0) is 0 Å². The zero-order chi connectivity index (χ0) is 7.98. The summed E-state index contributed by atoms with van der Waals surface area (Å²) in [5.41, 5.74) is 0. The number of nitrogens with zero attached hydrogens (tertiary/aromatic N) is 2. The SMILES string of the molecule is CCN(CCN(C)C)SC. The smallest absolute Gasteiger partial charge is 0.0217 e. The van der Waals surface area contributed by atoms with Gasteiger partial charge in [-0.1, -0.05) is 18.9 Å². The lowest BCUT2D eigenvalue weighted by atomic mass is 10.5. The van der Waals surface area contributed by atoms with Gasteiger partial charge in [0, 0.05) is 19.6 Å². The predicted molar refractivity (Wildman–Crippen MR) is 49.3 cm³/mol. The molecule has 0 N–H and O–H groups in total. The molecule has 0 aliphatic carbocycles. The lowest BCUT2D eigenvalue weighted by Gasteiger charge is -2.18. The largest absolute Gasteiger partial charge is 0.308 e. The standard InChI is InChI=1S/C7H18N2S/c1-5-9(10-4)7-6-8(2)3/h5-7H2,1-4H3. The van der Waals surface area contributed by atoms with Crippen LogP contribution in [0, 0.1) is 0 Å². The zero-order valence-corrected chi connectivity index (χ0v) is 8.24. The van der Waals surface area contributed by atoms with Crippen molar-refractivity contribution in [3.05, 3.63) is 0 Å². The molecular formula is C7H18N2S. The highest BCUT2D eigenvalue weighted by Crippen LogP contribution is 2.02. The van der Waals surface area contributed by atoms with Crippen molar-refractivity contribution >= 4 is 11.9 Å². The Morgan fingerprint density at radius 3 is 2.10 bits per heavy atom. The van der Waals surface area contributed by atoms with Crippen molar-refractivity contribution < 1.29 is 0 Å². The summed E-state index contributed by atoms with van der Waals surface area (Å²) < 4.78 is 2.35. The van der Waals surface area contributed by atoms with E-state index in [1.165, 1.54) is 0 Å². The summed E-state index contributed by atoms with van der Waals surface area (Å²) in [7, 11) is 4.21. The van der Waals surface area contributed by atoms with Gasteiger partial charge in [0.25, 0.3) is 0 Å². The highest BCUT2D eigenvalue weighted by Gasteiger charge is 1.98. The second kappa shape index (κ2) is 6.01. The molecule has 0 saturated heterocycles. The predicted octanol–water partition coefficient (Wildman–Crippen LogP) is 1.15. The van der Waals surface area contributed by atoms with Gasteiger partial charge < -0.3 is 4.90 Å². The number of hydrogen-bond donors (Lipinski definition) is 0. The van der Waals surface area contributed by atoms with Crippen LogP contribution in [0.3, 0.4) is 0 Å². The minimum absolute atomic E-state index is 1.13. The quantitative estimate of drug-likeness (QED) is 0.560. The molecule has 0 aromatic heterocycles. The molecule has 0 spiro atoms. The topological polar surface area (TPSA) is 6.48 Å². The summed E-state index contributed by atoms with van der Waals surface area (Å²) >= 11 is 1.82. The first-order chi connectivity index (χ1) is 4.70. The van der Waals surface area contributed by atoms with Gasteiger partial charge in [0.15, 0.2) is 0 Å². The van der Waals surface area contributed by atoms with Gasteiger partial charge in [-0.3, -0.25) is 0 Å². The van der Waals surface area contributed by atoms with E-state index in [9.17, 15) is 0 Å². The van der Waals surface area contributed by atoms with Gasteiger partial charge in [-0.2, -0.15) is 0 Å². The molecule has 0 aromatic carbocycles. The number of hydrogen-bond acceptors (Lipinski definition) is 3. The molecular weight excluding hydrogens is 144 g/mol. The van der Waals surface area contributed by atoms with Gasteiger partial charge in [0.05, 0.1) is 0 Å². The monoisotopic (exact) mass is 162 g/mol. The summed E-state index contributed by atoms with van der Waals surface area (Å²) in [5, 5.41) is 0. The lowest BCUT2D eigenvalue weighted by molar-refractivity contribution is 0.358. The molecule has 0 bridgehead atoms. The van der Waals surface area contributed by atoms with E-state index < -0.39 is 0 Å². The molecule has 0 heterocycles. The Hall–Kier alpha value is 0.270. The molecule has 0 atom stereocenters. The Morgan fingerprint density at radius 1 is 1.20 bits per heavy atom. The van der Waals surface area contributed by atoms with Gasteiger partial charge >= 0.3 is 0 Å². The van der Waals surface area contributed by atoms with Crippen LogP contribution in [0.1, 0.15) is 6.92 Å². The fourth-order valence-electron chi connectivity index (χ4n) is 0.690. The first-order valence-corrected chi connectivity index (χ1v) is 4.82. The maximum atomic E-state index is 2.35. The minimum atomic E-state index is 1.13. The molecule has 0 aromatic rings. The Morgan fingerprint density at radius 2 is 1.80 bits per heavy atom. The Balaban J connectivity index is 3.26. The van der Waals surface area contributed by atoms with Gasteiger partial charge in [-0.25, -0.2) is 4.31 Å². The van der Waals surface area contributed by atoms with Crippen molar-refractivity contribution in [1.29, 1.82) is 0 Å². The molecule has 0 amide bonds. The second-order valence-electron chi connectivity index (χ2n) is 2.51. The third kappa shape index (κ3) is 5.09. The van der Waals surface area contributed by atoms with E-state index >= 15 is 0 Å². The average Bonchev–Trinajstić information content (AvgIpc) is 1.90. The highest BCUT2D eigenvalue weighted by atomic mass is 32.2. The normalized spacial score (nSPS) is 11.4. The molecule has 2 nitrogen and oxygen atoms in total. The van der Waals surface area contributed by atoms with E-state index in [0.29, 0.717) is 0 Å². The highest BCUT2D eigenvalue weighted by molar-refractivity contribution is 7.96. The lowest BCUT2D eigenvalue weighted by Crippen LogP contribution is -2.26. The van der Waals surface area contributed by atoms with Crippen molar-refractivity contribution in [2.24, 2.45) is 0 Å². The average molecular weight is 162 g/mol. The molecule has 0 fully saturated rings. The van der Waals surface area contributed by atoms with Gasteiger partial charge in [-0.05, 0) is 20.4 Å². The molecule has 10 heavy (non-hydrogen) atoms. The summed E-state index contributed by atoms with van der Waals surface area (Å²) in [6.45, 7) is 5.63. The Kier molecular flexibility index (Phi) is 6.17. The molecule has 3 heteroatoms. The van der Waals surface area contributed by atoms with E-state index in [1.807, 2.05) is 11.9 Å². The zero-order valence-electron chi connectivity index (χ0n) is 7.42. The first kappa shape index (κ1) is 10.3. The molecule has 0 radical (unpaired) electrons. The Labute approximate surface area is 68.7 Å². The second-order valence-corrected chi connectivity index (χ2v) is 3.39. The molecule has 0 aliphatic heterocycles. The van der Waals surface area contributed by atoms with Crippen molar-refractivity contribution in [2.75, 3.05) is 40.0 Å². The Bertz CT molecular complexity index is 72.0. The third-order valence-corrected chi connectivity index (χ3v) is 2.36. The van der Waals surface area contributed by atoms with Gasteiger partial charge in [-0.15, -0.1) is 0 Å². The minimum Gasteiger partial charge on any atom is -0.308 e. The van der Waals surface area contributed by atoms with Crippen molar-refractivity contribution in [3.63, 3.8) is 0 Å². The summed E-state index contributed by atoms with van der Waals surface area (Å²) in [6.07, 6.45) is 2.12. The summed E-state index contributed by atoms with van der Waals surface area (Å²) in [4.78, 5) is 2.21. The van der Waals surface area contributed by atoms with Crippen LogP contribution in [0.4, 0.5) is 0 Å². The summed E-state index contributed by atoms with van der Waals surface area (Å²) in [5.74, 6) is 0. The van der Waals surface area contributed by atoms with E-state index in [1.54, 1.807) is 0 Å². The van der Waals surface area contributed by atoms with Crippen LogP contribution in [0.15, 0.2) is 0 Å². The van der Waals surface area contributed by atoms with Gasteiger partial charge in [0.2, 0.25) is 0 Å². The van der Waals surface area contributed by atoms with E-state index in [4.69, 9.17) is 0 Å². The number of likely N-dealkylation sites (N-methyl/N-ethyl adjacent to an activating group) is 2.